The predicted molar refractivity (Wildman–Crippen MR) is 132 cm³/mol. The Morgan fingerprint density at radius 2 is 1.53 bits per heavy atom. The number of hydrogen-bond acceptors (Lipinski definition) is 4. The quantitative estimate of drug-likeness (QED) is 0.440. The fraction of sp³-hybridized carbons (Fsp3) is 0.520. The van der Waals surface area contributed by atoms with Gasteiger partial charge in [-0.05, 0) is 55.4 Å². The van der Waals surface area contributed by atoms with Crippen LogP contribution < -0.4 is 29.6 Å². The summed E-state index contributed by atoms with van der Waals surface area (Å²) in [4.78, 5) is 8.25. The van der Waals surface area contributed by atoms with E-state index in [1.54, 1.807) is 6.20 Å². The van der Waals surface area contributed by atoms with Gasteiger partial charge in [0, 0.05) is 29.1 Å². The van der Waals surface area contributed by atoms with Crippen molar-refractivity contribution < 1.29 is 36.7 Å². The van der Waals surface area contributed by atoms with Crippen molar-refractivity contribution in [1.82, 2.24) is 9.97 Å². The molecule has 4 nitrogen and oxygen atoms in total. The van der Waals surface area contributed by atoms with Crippen LogP contribution >= 0.6 is 15.9 Å². The minimum Gasteiger partial charge on any atom is -1.00 e. The van der Waals surface area contributed by atoms with Crippen molar-refractivity contribution in [1.29, 1.82) is 10.5 Å². The van der Waals surface area contributed by atoms with E-state index in [4.69, 9.17) is 11.9 Å². The maximum absolute atomic E-state index is 9.96. The van der Waals surface area contributed by atoms with Gasteiger partial charge in [0.2, 0.25) is 0 Å². The molecule has 0 aromatic carbocycles. The Morgan fingerprint density at radius 1 is 1.03 bits per heavy atom. The van der Waals surface area contributed by atoms with Crippen molar-refractivity contribution in [3.8, 4) is 12.1 Å². The Kier molecular flexibility index (Phi) is 23.5. The molecule has 0 saturated heterocycles. The van der Waals surface area contributed by atoms with Crippen LogP contribution in [-0.2, 0) is 6.42 Å². The second-order valence-corrected chi connectivity index (χ2v) is 8.38. The zero-order valence-electron chi connectivity index (χ0n) is 22.6. The van der Waals surface area contributed by atoms with E-state index in [1.807, 2.05) is 44.3 Å². The fourth-order valence-electron chi connectivity index (χ4n) is 2.11. The molecule has 0 radical (unpaired) electrons. The van der Waals surface area contributed by atoms with E-state index in [0.29, 0.717) is 12.3 Å². The van der Waals surface area contributed by atoms with Crippen LogP contribution in [0.2, 0.25) is 0 Å². The summed E-state index contributed by atoms with van der Waals surface area (Å²) in [5.74, 6) is 1.33. The van der Waals surface area contributed by atoms with Crippen molar-refractivity contribution in [2.45, 2.75) is 60.3 Å². The third-order valence-electron chi connectivity index (χ3n) is 3.76. The van der Waals surface area contributed by atoms with Gasteiger partial charge in [-0.15, -0.1) is 0 Å². The molecular formula is C25H37BrFN4Na. The van der Waals surface area contributed by atoms with Crippen molar-refractivity contribution in [3.05, 3.63) is 59.2 Å². The van der Waals surface area contributed by atoms with Gasteiger partial charge in [-0.25, -0.2) is 0 Å². The first-order valence-corrected chi connectivity index (χ1v) is 11.3. The maximum atomic E-state index is 9.96. The molecule has 2 aromatic heterocycles. The molecular weight excluding hydrogens is 478 g/mol. The molecule has 0 aliphatic carbocycles. The van der Waals surface area contributed by atoms with E-state index < -0.39 is 7.15 Å². The molecule has 0 spiro atoms. The van der Waals surface area contributed by atoms with Crippen molar-refractivity contribution in [3.63, 3.8) is 0 Å². The summed E-state index contributed by atoms with van der Waals surface area (Å²) in [5.41, 5.74) is 4.00. The molecule has 0 N–H and O–H groups in total. The number of nitrogens with zero attached hydrogens (tertiary/aromatic N) is 4. The number of alkyl halides is 2. The number of aromatic nitrogens is 2. The van der Waals surface area contributed by atoms with Gasteiger partial charge in [0.25, 0.3) is 0 Å². The second-order valence-electron chi connectivity index (χ2n) is 7.74. The minimum atomic E-state index is -1.00. The molecule has 2 rings (SSSR count). The molecule has 0 bridgehead atoms. The fourth-order valence-corrected chi connectivity index (χ4v) is 2.11. The molecule has 0 aliphatic rings. The van der Waals surface area contributed by atoms with Gasteiger partial charge in [-0.3, -0.25) is 14.4 Å². The van der Waals surface area contributed by atoms with Crippen LogP contribution in [0.3, 0.4) is 0 Å². The first-order chi connectivity index (χ1) is 15.1. The van der Waals surface area contributed by atoms with Gasteiger partial charge >= 0.3 is 29.6 Å². The van der Waals surface area contributed by atoms with E-state index in [9.17, 15) is 4.39 Å². The Hall–Kier alpha value is -1.31. The largest absolute Gasteiger partial charge is 1.00 e. The van der Waals surface area contributed by atoms with E-state index in [2.05, 4.69) is 65.7 Å². The van der Waals surface area contributed by atoms with Crippen LogP contribution in [-0.4, -0.2) is 22.5 Å². The number of aryl methyl sites for hydroxylation is 2. The van der Waals surface area contributed by atoms with E-state index in [1.165, 1.54) is 0 Å². The van der Waals surface area contributed by atoms with Gasteiger partial charge in [-0.1, -0.05) is 55.8 Å². The van der Waals surface area contributed by atoms with Gasteiger partial charge in [0.1, 0.15) is 0 Å². The Labute approximate surface area is 228 Å². The summed E-state index contributed by atoms with van der Waals surface area (Å²) in [6, 6.07) is 12.2. The molecule has 0 amide bonds. The Bertz CT molecular complexity index is 793. The molecule has 2 heterocycles. The molecule has 1 unspecified atom stereocenters. The molecule has 7 heteroatoms. The smallest absolute Gasteiger partial charge is 1.00 e. The van der Waals surface area contributed by atoms with Gasteiger partial charge in [0.15, 0.2) is 0 Å². The molecule has 0 saturated carbocycles. The number of pyridine rings is 2. The monoisotopic (exact) mass is 515 g/mol. The summed E-state index contributed by atoms with van der Waals surface area (Å²) in [6.45, 7) is 12.5. The number of nitriles is 2. The third-order valence-corrected chi connectivity index (χ3v) is 5.06. The average Bonchev–Trinajstić information content (AvgIpc) is 2.76. The topological polar surface area (TPSA) is 73.4 Å². The summed E-state index contributed by atoms with van der Waals surface area (Å²) in [7, 11) is -1.00. The zero-order chi connectivity index (χ0) is 24.9. The van der Waals surface area contributed by atoms with E-state index in [0.717, 1.165) is 40.2 Å². The van der Waals surface area contributed by atoms with Crippen LogP contribution in [0.5, 0.6) is 0 Å². The number of rotatable bonds is 5. The molecule has 0 aliphatic heterocycles. The molecule has 172 valence electrons. The van der Waals surface area contributed by atoms with Crippen LogP contribution in [0.4, 0.5) is 4.39 Å². The molecule has 2 aromatic rings. The first-order valence-electron chi connectivity index (χ1n) is 10.9. The van der Waals surface area contributed by atoms with E-state index >= 15 is 0 Å². The second kappa shape index (κ2) is 22.9. The average molecular weight is 516 g/mol. The summed E-state index contributed by atoms with van der Waals surface area (Å²) in [5, 5.41) is 18.4. The zero-order valence-corrected chi connectivity index (χ0v) is 24.2. The Balaban J connectivity index is -0.000000198. The van der Waals surface area contributed by atoms with E-state index in [-0.39, 0.29) is 36.9 Å². The van der Waals surface area contributed by atoms with Crippen LogP contribution in [0, 0.1) is 48.3 Å². The maximum Gasteiger partial charge on any atom is 1.00 e. The number of hydrogen-bond donors (Lipinski definition) is 0. The summed E-state index contributed by atoms with van der Waals surface area (Å²) < 4.78 is 15.5. The first kappa shape index (κ1) is 32.9. The van der Waals surface area contributed by atoms with Gasteiger partial charge in [0.05, 0.1) is 33.0 Å². The summed E-state index contributed by atoms with van der Waals surface area (Å²) >= 11 is 3.31. The van der Waals surface area contributed by atoms with Gasteiger partial charge in [-0.2, -0.15) is 10.5 Å². The van der Waals surface area contributed by atoms with Crippen LogP contribution in [0.25, 0.3) is 0 Å². The molecule has 1 atom stereocenters. The predicted octanol–water partition coefficient (Wildman–Crippen LogP) is 4.24. The SMILES string of the molecule is CC(C)CBr.Cc1ccc(C(C#N)CC(C)C)cn1.Cc1ccc(CC#N)cn1.[2H]CF.[H-].[Na+]. The standard InChI is InChI=1S/C12H16N2.C8H8N2.C4H9Br.CH3F.Na.H/c1-9(2)6-12(7-13)11-5-4-10(3)14-8-11;1-7-2-3-8(4-5-9)6-10-7;1-4(2)3-5;1-2;;/h4-5,8-9,12H,6H2,1-3H3;2-3,6H,4H2,1H3;4H,3H2,1-2H3;1H3;;/q;;;;+1;-1/i;;;1D;;. The van der Waals surface area contributed by atoms with Crippen LogP contribution in [0.15, 0.2) is 36.7 Å². The minimum absolute atomic E-state index is 0. The Morgan fingerprint density at radius 3 is 1.84 bits per heavy atom. The third kappa shape index (κ3) is 19.4. The number of halogens is 2. The normalized spacial score (nSPS) is 10.3. The van der Waals surface area contributed by atoms with Gasteiger partial charge < -0.3 is 1.43 Å². The van der Waals surface area contributed by atoms with Crippen molar-refractivity contribution in [2.75, 3.05) is 12.5 Å². The molecule has 32 heavy (non-hydrogen) atoms. The van der Waals surface area contributed by atoms with Crippen molar-refractivity contribution >= 4 is 15.9 Å². The van der Waals surface area contributed by atoms with Crippen molar-refractivity contribution in [2.24, 2.45) is 11.8 Å². The molecule has 0 fully saturated rings. The summed E-state index contributed by atoms with van der Waals surface area (Å²) in [6.07, 6.45) is 4.90. The van der Waals surface area contributed by atoms with Crippen LogP contribution in [0.1, 0.15) is 65.3 Å².